The van der Waals surface area contributed by atoms with E-state index in [0.717, 1.165) is 0 Å². The molecule has 6 heavy (non-hydrogen) atoms. The van der Waals surface area contributed by atoms with Gasteiger partial charge >= 0.3 is 0 Å². The second-order valence-corrected chi connectivity index (χ2v) is 1.10. The van der Waals surface area contributed by atoms with E-state index in [9.17, 15) is 0 Å². The van der Waals surface area contributed by atoms with Gasteiger partial charge in [-0.05, 0) is 19.5 Å². The minimum atomic E-state index is 0. The Hall–Kier alpha value is -0.120. The molecule has 5 N–H and O–H groups in total. The van der Waals surface area contributed by atoms with Crippen LogP contribution in [-0.2, 0) is 0 Å². The van der Waals surface area contributed by atoms with Gasteiger partial charge in [-0.25, -0.2) is 0 Å². The minimum absolute atomic E-state index is 0. The van der Waals surface area contributed by atoms with Crippen molar-refractivity contribution in [3.63, 3.8) is 0 Å². The van der Waals surface area contributed by atoms with Crippen LogP contribution in [0.3, 0.4) is 0 Å². The molecule has 1 saturated heterocycles. The molecule has 0 amide bonds. The highest BCUT2D eigenvalue weighted by atomic mass is 16.0. The van der Waals surface area contributed by atoms with Crippen molar-refractivity contribution < 1.29 is 11.0 Å². The topological polar surface area (TPSA) is 75.0 Å². The van der Waals surface area contributed by atoms with Crippen LogP contribution in [0.1, 0.15) is 6.42 Å². The maximum absolute atomic E-state index is 3.11. The molecule has 0 atom stereocenters. The number of rotatable bonds is 0. The molecule has 0 aromatic carbocycles. The van der Waals surface area contributed by atoms with E-state index in [0.29, 0.717) is 0 Å². The fraction of sp³-hybridized carbons (Fsp3) is 1.00. The van der Waals surface area contributed by atoms with E-state index < -0.39 is 0 Å². The van der Waals surface area contributed by atoms with E-state index >= 15 is 0 Å². The maximum atomic E-state index is 3.11. The summed E-state index contributed by atoms with van der Waals surface area (Å²) in [7, 11) is 0. The Bertz CT molecular complexity index is 16.8. The number of hydrogen-bond acceptors (Lipinski definition) is 1. The van der Waals surface area contributed by atoms with Crippen molar-refractivity contribution in [2.24, 2.45) is 0 Å². The molecule has 0 spiro atoms. The van der Waals surface area contributed by atoms with E-state index in [1.165, 1.54) is 19.5 Å². The summed E-state index contributed by atoms with van der Waals surface area (Å²) in [6.07, 6.45) is 1.39. The first kappa shape index (κ1) is 9.30. The van der Waals surface area contributed by atoms with Gasteiger partial charge in [0.05, 0.1) is 0 Å². The van der Waals surface area contributed by atoms with Gasteiger partial charge in [-0.15, -0.1) is 0 Å². The summed E-state index contributed by atoms with van der Waals surface area (Å²) in [4.78, 5) is 0. The van der Waals surface area contributed by atoms with Crippen molar-refractivity contribution in [1.29, 1.82) is 0 Å². The summed E-state index contributed by atoms with van der Waals surface area (Å²) in [5, 5.41) is 3.11. The molecule has 3 heteroatoms. The second kappa shape index (κ2) is 4.88. The lowest BCUT2D eigenvalue weighted by molar-refractivity contribution is 0.527. The molecular formula is C3H11NO2. The lowest BCUT2D eigenvalue weighted by Crippen LogP contribution is -2.29. The Morgan fingerprint density at radius 1 is 1.00 bits per heavy atom. The molecule has 0 unspecified atom stereocenters. The first-order valence-corrected chi connectivity index (χ1v) is 1.71. The number of nitrogens with one attached hydrogen (secondary N) is 1. The van der Waals surface area contributed by atoms with Crippen molar-refractivity contribution in [3.8, 4) is 0 Å². The molecule has 0 aromatic rings. The van der Waals surface area contributed by atoms with E-state index in [-0.39, 0.29) is 11.0 Å². The lowest BCUT2D eigenvalue weighted by Gasteiger charge is -2.09. The number of hydrogen-bond donors (Lipinski definition) is 1. The predicted molar refractivity (Wildman–Crippen MR) is 24.7 cm³/mol. The van der Waals surface area contributed by atoms with E-state index in [4.69, 9.17) is 0 Å². The first-order chi connectivity index (χ1) is 2.00. The zero-order chi connectivity index (χ0) is 2.83. The van der Waals surface area contributed by atoms with Crippen LogP contribution in [0.25, 0.3) is 0 Å². The zero-order valence-electron chi connectivity index (χ0n) is 3.62. The second-order valence-electron chi connectivity index (χ2n) is 1.10. The normalized spacial score (nSPS) is 16.0. The Morgan fingerprint density at radius 2 is 1.17 bits per heavy atom. The van der Waals surface area contributed by atoms with Gasteiger partial charge in [0.15, 0.2) is 0 Å². The van der Waals surface area contributed by atoms with Crippen molar-refractivity contribution >= 4 is 0 Å². The third kappa shape index (κ3) is 2.14. The molecule has 40 valence electrons. The fourth-order valence-electron chi connectivity index (χ4n) is 0.177. The van der Waals surface area contributed by atoms with Crippen LogP contribution in [0.5, 0.6) is 0 Å². The molecular weight excluding hydrogens is 82.0 g/mol. The van der Waals surface area contributed by atoms with Crippen LogP contribution >= 0.6 is 0 Å². The molecule has 1 rings (SSSR count). The van der Waals surface area contributed by atoms with Gasteiger partial charge in [0, 0.05) is 0 Å². The van der Waals surface area contributed by atoms with E-state index in [1.54, 1.807) is 0 Å². The average Bonchev–Trinajstić information content (AvgIpc) is 0.722. The Morgan fingerprint density at radius 3 is 1.17 bits per heavy atom. The molecule has 0 saturated carbocycles. The van der Waals surface area contributed by atoms with Gasteiger partial charge in [-0.1, -0.05) is 0 Å². The van der Waals surface area contributed by atoms with Crippen molar-refractivity contribution in [2.75, 3.05) is 13.1 Å². The monoisotopic (exact) mass is 93.1 g/mol. The Kier molecular flexibility index (Phi) is 7.57. The molecule has 1 aliphatic rings. The Labute approximate surface area is 37.0 Å². The molecule has 1 heterocycles. The standard InChI is InChI=1S/C3H7N.2H2O/c1-2-4-3-1;;/h4H,1-3H2;2*1H2. The fourth-order valence-corrected chi connectivity index (χ4v) is 0.177. The summed E-state index contributed by atoms with van der Waals surface area (Å²) in [6.45, 7) is 2.50. The molecule has 1 aliphatic heterocycles. The van der Waals surface area contributed by atoms with Gasteiger partial charge in [0.25, 0.3) is 0 Å². The predicted octanol–water partition coefficient (Wildman–Crippen LogP) is -1.67. The highest BCUT2D eigenvalue weighted by Crippen LogP contribution is 1.80. The van der Waals surface area contributed by atoms with E-state index in [2.05, 4.69) is 5.32 Å². The average molecular weight is 93.1 g/mol. The summed E-state index contributed by atoms with van der Waals surface area (Å²) in [6, 6.07) is 0. The minimum Gasteiger partial charge on any atom is -0.412 e. The molecule has 0 aromatic heterocycles. The summed E-state index contributed by atoms with van der Waals surface area (Å²) in [5.74, 6) is 0. The van der Waals surface area contributed by atoms with Gasteiger partial charge in [0.2, 0.25) is 0 Å². The van der Waals surface area contributed by atoms with Crippen LogP contribution in [0.2, 0.25) is 0 Å². The van der Waals surface area contributed by atoms with Gasteiger partial charge in [-0.2, -0.15) is 0 Å². The molecule has 0 aliphatic carbocycles. The lowest BCUT2D eigenvalue weighted by atomic mass is 10.3. The zero-order valence-corrected chi connectivity index (χ0v) is 3.62. The maximum Gasteiger partial charge on any atom is -0.00368 e. The highest BCUT2D eigenvalue weighted by molar-refractivity contribution is 4.56. The first-order valence-electron chi connectivity index (χ1n) is 1.71. The summed E-state index contributed by atoms with van der Waals surface area (Å²) >= 11 is 0. The third-order valence-corrected chi connectivity index (χ3v) is 0.707. The van der Waals surface area contributed by atoms with Gasteiger partial charge in [-0.3, -0.25) is 0 Å². The van der Waals surface area contributed by atoms with Gasteiger partial charge in [0.1, 0.15) is 0 Å². The van der Waals surface area contributed by atoms with Crippen LogP contribution in [-0.4, -0.2) is 24.0 Å². The Balaban J connectivity index is 0. The molecule has 1 fully saturated rings. The van der Waals surface area contributed by atoms with Crippen LogP contribution in [0.15, 0.2) is 0 Å². The quantitative estimate of drug-likeness (QED) is 0.382. The van der Waals surface area contributed by atoms with E-state index in [1.807, 2.05) is 0 Å². The smallest absolute Gasteiger partial charge is 0.00368 e. The summed E-state index contributed by atoms with van der Waals surface area (Å²) in [5.41, 5.74) is 0. The van der Waals surface area contributed by atoms with Gasteiger partial charge < -0.3 is 16.3 Å². The molecule has 0 bridgehead atoms. The van der Waals surface area contributed by atoms with Crippen LogP contribution in [0, 0.1) is 0 Å². The van der Waals surface area contributed by atoms with Crippen LogP contribution in [0.4, 0.5) is 0 Å². The van der Waals surface area contributed by atoms with Crippen molar-refractivity contribution in [2.45, 2.75) is 6.42 Å². The van der Waals surface area contributed by atoms with Crippen molar-refractivity contribution in [1.82, 2.24) is 5.32 Å². The van der Waals surface area contributed by atoms with Crippen molar-refractivity contribution in [3.05, 3.63) is 0 Å². The molecule has 0 radical (unpaired) electrons. The highest BCUT2D eigenvalue weighted by Gasteiger charge is 1.92. The summed E-state index contributed by atoms with van der Waals surface area (Å²) < 4.78 is 0. The molecule has 3 nitrogen and oxygen atoms in total. The largest absolute Gasteiger partial charge is 0.412 e. The SMILES string of the molecule is C1CNC1.O.O. The third-order valence-electron chi connectivity index (χ3n) is 0.707. The van der Waals surface area contributed by atoms with Crippen LogP contribution < -0.4 is 5.32 Å².